The van der Waals surface area contributed by atoms with Crippen molar-refractivity contribution in [1.82, 2.24) is 19.4 Å². The number of rotatable bonds is 6. The first kappa shape index (κ1) is 20.9. The molecule has 0 spiro atoms. The van der Waals surface area contributed by atoms with Crippen LogP contribution in [0.1, 0.15) is 28.2 Å². The molecule has 10 nitrogen and oxygen atoms in total. The van der Waals surface area contributed by atoms with Crippen LogP contribution in [0, 0.1) is 0 Å². The van der Waals surface area contributed by atoms with E-state index in [9.17, 15) is 14.8 Å². The lowest BCUT2D eigenvalue weighted by molar-refractivity contribution is 0.0994. The van der Waals surface area contributed by atoms with Crippen molar-refractivity contribution in [3.63, 3.8) is 0 Å². The zero-order valence-electron chi connectivity index (χ0n) is 17.7. The summed E-state index contributed by atoms with van der Waals surface area (Å²) >= 11 is 0. The molecule has 6 N–H and O–H groups in total. The molecular weight excluding hydrogens is 421 g/mol. The molecule has 0 unspecified atom stereocenters. The Balaban J connectivity index is 1.54. The van der Waals surface area contributed by atoms with E-state index in [1.807, 2.05) is 12.1 Å². The molecule has 3 aromatic heterocycles. The van der Waals surface area contributed by atoms with Crippen molar-refractivity contribution in [2.75, 3.05) is 17.2 Å². The molecule has 4 heterocycles. The summed E-state index contributed by atoms with van der Waals surface area (Å²) in [5, 5.41) is 25.6. The maximum absolute atomic E-state index is 11.8. The minimum Gasteiger partial charge on any atom is -0.423 e. The van der Waals surface area contributed by atoms with E-state index in [1.165, 1.54) is 0 Å². The van der Waals surface area contributed by atoms with E-state index < -0.39 is 13.0 Å². The molecule has 166 valence electrons. The Morgan fingerprint density at radius 2 is 2.06 bits per heavy atom. The summed E-state index contributed by atoms with van der Waals surface area (Å²) in [4.78, 5) is 25.8. The highest BCUT2D eigenvalue weighted by atomic mass is 16.4. The number of hydrogen-bond donors (Lipinski definition) is 5. The number of nitrogens with two attached hydrogens (primary N) is 1. The van der Waals surface area contributed by atoms with Crippen LogP contribution in [-0.4, -0.2) is 49.0 Å². The summed E-state index contributed by atoms with van der Waals surface area (Å²) < 4.78 is 1.64. The molecule has 0 saturated carbocycles. The van der Waals surface area contributed by atoms with Gasteiger partial charge in [-0.3, -0.25) is 9.20 Å². The third kappa shape index (κ3) is 3.99. The van der Waals surface area contributed by atoms with Crippen molar-refractivity contribution in [2.45, 2.75) is 19.4 Å². The fourth-order valence-corrected chi connectivity index (χ4v) is 4.02. The van der Waals surface area contributed by atoms with Crippen LogP contribution in [0.25, 0.3) is 17.0 Å². The molecule has 1 aliphatic heterocycles. The monoisotopic (exact) mass is 443 g/mol. The predicted molar refractivity (Wildman–Crippen MR) is 125 cm³/mol. The predicted octanol–water partition coefficient (Wildman–Crippen LogP) is 0.540. The van der Waals surface area contributed by atoms with Gasteiger partial charge in [0.25, 0.3) is 5.91 Å². The molecule has 0 saturated heterocycles. The number of benzene rings is 1. The molecule has 0 fully saturated rings. The van der Waals surface area contributed by atoms with Crippen LogP contribution in [0.5, 0.6) is 0 Å². The van der Waals surface area contributed by atoms with Crippen LogP contribution in [-0.2, 0) is 13.0 Å². The average Bonchev–Trinajstić information content (AvgIpc) is 3.26. The summed E-state index contributed by atoms with van der Waals surface area (Å²) in [6.07, 6.45) is 3.30. The van der Waals surface area contributed by atoms with Gasteiger partial charge in [0.2, 0.25) is 0 Å². The highest BCUT2D eigenvalue weighted by Gasteiger charge is 2.21. The van der Waals surface area contributed by atoms with Crippen molar-refractivity contribution >= 4 is 35.5 Å². The largest absolute Gasteiger partial charge is 0.488 e. The van der Waals surface area contributed by atoms with E-state index in [2.05, 4.69) is 15.6 Å². The topological polar surface area (TPSA) is 151 Å². The number of imidazole rings is 1. The number of aromatic nitrogens is 4. The highest BCUT2D eigenvalue weighted by Crippen LogP contribution is 2.31. The average molecular weight is 443 g/mol. The molecule has 1 aromatic carbocycles. The zero-order chi connectivity index (χ0) is 22.9. The molecule has 0 atom stereocenters. The van der Waals surface area contributed by atoms with E-state index >= 15 is 0 Å². The summed E-state index contributed by atoms with van der Waals surface area (Å²) in [6, 6.07) is 12.3. The Morgan fingerprint density at radius 1 is 1.21 bits per heavy atom. The van der Waals surface area contributed by atoms with Gasteiger partial charge in [0.15, 0.2) is 11.6 Å². The molecule has 1 amide bonds. The van der Waals surface area contributed by atoms with Crippen LogP contribution in [0.4, 0.5) is 11.5 Å². The quantitative estimate of drug-likeness (QED) is 0.271. The van der Waals surface area contributed by atoms with E-state index in [0.29, 0.717) is 40.6 Å². The number of hydrogen-bond acceptors (Lipinski definition) is 8. The lowest BCUT2D eigenvalue weighted by atomic mass is 9.80. The second kappa shape index (κ2) is 8.53. The Bertz CT molecular complexity index is 1360. The Kier molecular flexibility index (Phi) is 5.41. The van der Waals surface area contributed by atoms with E-state index in [-0.39, 0.29) is 0 Å². The molecular formula is C22H22BN7O3. The van der Waals surface area contributed by atoms with Gasteiger partial charge in [-0.05, 0) is 36.0 Å². The third-order valence-electron chi connectivity index (χ3n) is 5.62. The number of anilines is 2. The van der Waals surface area contributed by atoms with Gasteiger partial charge in [0.05, 0.1) is 16.9 Å². The van der Waals surface area contributed by atoms with Gasteiger partial charge in [0.1, 0.15) is 17.7 Å². The smallest absolute Gasteiger partial charge is 0.423 e. The van der Waals surface area contributed by atoms with Gasteiger partial charge < -0.3 is 26.4 Å². The van der Waals surface area contributed by atoms with Crippen LogP contribution < -0.4 is 21.8 Å². The molecule has 0 radical (unpaired) electrons. The Hall–Kier alpha value is -3.96. The molecule has 11 heteroatoms. The number of amides is 1. The minimum atomic E-state index is -1.52. The summed E-state index contributed by atoms with van der Waals surface area (Å²) in [6.45, 7) is 1.26. The summed E-state index contributed by atoms with van der Waals surface area (Å²) in [7, 11) is -1.52. The first-order chi connectivity index (χ1) is 16.0. The fourth-order valence-electron chi connectivity index (χ4n) is 4.02. The number of carbonyl (C=O) groups excluding carboxylic acids is 1. The molecule has 5 rings (SSSR count). The number of carbonyl (C=O) groups is 1. The first-order valence-electron chi connectivity index (χ1n) is 10.6. The van der Waals surface area contributed by atoms with Gasteiger partial charge >= 0.3 is 7.12 Å². The van der Waals surface area contributed by atoms with Crippen molar-refractivity contribution in [3.8, 4) is 11.5 Å². The van der Waals surface area contributed by atoms with E-state index in [4.69, 9.17) is 15.7 Å². The minimum absolute atomic E-state index is 0.329. The van der Waals surface area contributed by atoms with Crippen LogP contribution >= 0.6 is 0 Å². The van der Waals surface area contributed by atoms with Crippen molar-refractivity contribution in [2.24, 2.45) is 5.73 Å². The fraction of sp³-hybridized carbons (Fsp3) is 0.182. The van der Waals surface area contributed by atoms with Gasteiger partial charge in [-0.2, -0.15) is 0 Å². The summed E-state index contributed by atoms with van der Waals surface area (Å²) in [5.41, 5.74) is 10.1. The van der Waals surface area contributed by atoms with Gasteiger partial charge in [-0.1, -0.05) is 30.3 Å². The van der Waals surface area contributed by atoms with E-state index in [1.54, 1.807) is 41.1 Å². The van der Waals surface area contributed by atoms with Crippen LogP contribution in [0.2, 0.25) is 0 Å². The SMILES string of the molecule is NC(=O)c1cccc2c(-c3nc4c(c(NCc5cccc(B(O)O)c5)n3)NCCC4)ncn12. The number of nitrogens with one attached hydrogen (secondary N) is 2. The molecule has 33 heavy (non-hydrogen) atoms. The molecule has 1 aliphatic rings. The number of nitrogens with zero attached hydrogens (tertiary/aromatic N) is 4. The maximum Gasteiger partial charge on any atom is 0.488 e. The lowest BCUT2D eigenvalue weighted by Crippen LogP contribution is -2.30. The molecule has 0 bridgehead atoms. The second-order valence-corrected chi connectivity index (χ2v) is 7.84. The molecule has 4 aromatic rings. The normalized spacial score (nSPS) is 12.8. The zero-order valence-corrected chi connectivity index (χ0v) is 17.7. The van der Waals surface area contributed by atoms with Crippen LogP contribution in [0.3, 0.4) is 0 Å². The Labute approximate surface area is 189 Å². The Morgan fingerprint density at radius 3 is 2.88 bits per heavy atom. The highest BCUT2D eigenvalue weighted by molar-refractivity contribution is 6.58. The number of pyridine rings is 1. The van der Waals surface area contributed by atoms with Gasteiger partial charge in [0, 0.05) is 13.1 Å². The van der Waals surface area contributed by atoms with Gasteiger partial charge in [-0.15, -0.1) is 0 Å². The van der Waals surface area contributed by atoms with Gasteiger partial charge in [-0.25, -0.2) is 15.0 Å². The van der Waals surface area contributed by atoms with Crippen molar-refractivity contribution in [3.05, 3.63) is 65.7 Å². The maximum atomic E-state index is 11.8. The standard InChI is InChI=1S/C22H22BN7O3/c24-20(31)17-8-2-7-16-19(27-12-30(16)17)22-28-15-6-3-9-25-18(15)21(29-22)26-11-13-4-1-5-14(10-13)23(32)33/h1-2,4-5,7-8,10,12,25,32-33H,3,6,9,11H2,(H2,24,31)(H,26,28,29). The lowest BCUT2D eigenvalue weighted by Gasteiger charge is -2.21. The molecule has 0 aliphatic carbocycles. The van der Waals surface area contributed by atoms with Crippen LogP contribution in [0.15, 0.2) is 48.8 Å². The number of primary amides is 1. The number of aryl methyl sites for hydroxylation is 1. The van der Waals surface area contributed by atoms with Crippen molar-refractivity contribution < 1.29 is 14.8 Å². The number of fused-ring (bicyclic) bond motifs is 2. The van der Waals surface area contributed by atoms with E-state index in [0.717, 1.165) is 36.3 Å². The second-order valence-electron chi connectivity index (χ2n) is 7.84. The third-order valence-corrected chi connectivity index (χ3v) is 5.62. The summed E-state index contributed by atoms with van der Waals surface area (Å²) in [5.74, 6) is 0.540. The van der Waals surface area contributed by atoms with Crippen molar-refractivity contribution in [1.29, 1.82) is 0 Å². The first-order valence-corrected chi connectivity index (χ1v) is 10.6.